The van der Waals surface area contributed by atoms with Crippen molar-refractivity contribution in [2.24, 2.45) is 0 Å². The van der Waals surface area contributed by atoms with E-state index in [9.17, 15) is 0 Å². The third kappa shape index (κ3) is 7.20. The van der Waals surface area contributed by atoms with Crippen LogP contribution in [-0.4, -0.2) is 0 Å². The molecule has 7 aromatic rings. The van der Waals surface area contributed by atoms with E-state index in [1.54, 1.807) is 6.26 Å². The van der Waals surface area contributed by atoms with Crippen LogP contribution >= 0.6 is 0 Å². The minimum absolute atomic E-state index is 0.176. The molecule has 0 spiro atoms. The summed E-state index contributed by atoms with van der Waals surface area (Å²) in [4.78, 5) is 2.36. The number of aryl methyl sites for hydroxylation is 2. The average Bonchev–Trinajstić information content (AvgIpc) is 3.44. The first-order valence-corrected chi connectivity index (χ1v) is 19.2. The van der Waals surface area contributed by atoms with Crippen molar-refractivity contribution >= 4 is 34.0 Å². The zero-order chi connectivity index (χ0) is 38.6. The first kappa shape index (κ1) is 36.2. The van der Waals surface area contributed by atoms with Crippen LogP contribution < -0.4 is 15.0 Å². The summed E-state index contributed by atoms with van der Waals surface area (Å²) >= 11 is 0. The van der Waals surface area contributed by atoms with Crippen molar-refractivity contribution in [3.8, 4) is 28.0 Å². The number of ether oxygens (including phenoxy) is 1. The van der Waals surface area contributed by atoms with Crippen LogP contribution in [0.1, 0.15) is 41.7 Å². The van der Waals surface area contributed by atoms with Gasteiger partial charge in [-0.15, -0.1) is 0 Å². The van der Waals surface area contributed by atoms with Gasteiger partial charge in [-0.1, -0.05) is 147 Å². The van der Waals surface area contributed by atoms with Crippen LogP contribution in [0, 0.1) is 13.8 Å². The monoisotopic (exact) mass is 726 g/mol. The van der Waals surface area contributed by atoms with Gasteiger partial charge in [0.1, 0.15) is 5.75 Å². The molecule has 9 rings (SSSR count). The van der Waals surface area contributed by atoms with Crippen molar-refractivity contribution in [3.63, 3.8) is 0 Å². The van der Waals surface area contributed by atoms with E-state index >= 15 is 0 Å². The Balaban J connectivity index is 0.000000673. The lowest BCUT2D eigenvalue weighted by Gasteiger charge is -2.28. The van der Waals surface area contributed by atoms with Crippen molar-refractivity contribution in [3.05, 3.63) is 223 Å². The zero-order valence-electron chi connectivity index (χ0n) is 32.5. The number of allylic oxidation sites excluding steroid dienone is 4. The number of nitrogens with zero attached hydrogens (tertiary/aromatic N) is 1. The van der Waals surface area contributed by atoms with E-state index in [-0.39, 0.29) is 5.41 Å². The number of rotatable bonds is 6. The van der Waals surface area contributed by atoms with Crippen LogP contribution in [0.3, 0.4) is 0 Å². The van der Waals surface area contributed by atoms with E-state index in [0.717, 1.165) is 56.4 Å². The molecule has 0 amide bonds. The molecule has 0 aromatic heterocycles. The van der Waals surface area contributed by atoms with Gasteiger partial charge in [0.2, 0.25) is 0 Å². The average molecular weight is 727 g/mol. The smallest absolute Gasteiger partial charge is 0.142 e. The second-order valence-electron chi connectivity index (χ2n) is 14.9. The molecule has 0 unspecified atom stereocenters. The van der Waals surface area contributed by atoms with E-state index in [2.05, 4.69) is 172 Å². The van der Waals surface area contributed by atoms with E-state index in [0.29, 0.717) is 0 Å². The highest BCUT2D eigenvalue weighted by molar-refractivity contribution is 5.88. The Bertz CT molecular complexity index is 2550. The number of fused-ring (bicyclic) bond motifs is 4. The molecule has 2 aliphatic rings. The van der Waals surface area contributed by atoms with Gasteiger partial charge in [-0.25, -0.2) is 0 Å². The van der Waals surface area contributed by atoms with Gasteiger partial charge in [-0.3, -0.25) is 0 Å². The Morgan fingerprint density at radius 1 is 0.554 bits per heavy atom. The van der Waals surface area contributed by atoms with E-state index < -0.39 is 0 Å². The molecule has 0 fully saturated rings. The second-order valence-corrected chi connectivity index (χ2v) is 14.9. The third-order valence-corrected chi connectivity index (χ3v) is 10.8. The standard InChI is InChI=1S/C47H40N2O.C6H6/c1-31-16-21-36(22-17-31)49(37-23-18-34(19-24-37)40-14-10-13-39-32(2)11-8-9-28-50-46(39)40)38-25-27-42-41-26-20-35(48-45-15-7-6-12-33(45)3)29-43(41)47(4,5)44(42)30-38;1-2-4-6-5-3-1/h6-30,48H,2H2,1,3-5H3;1-6H/b11-8-,28-9-;. The number of para-hydroxylation sites is 2. The van der Waals surface area contributed by atoms with Crippen molar-refractivity contribution in [2.45, 2.75) is 33.1 Å². The highest BCUT2D eigenvalue weighted by atomic mass is 16.5. The molecule has 0 saturated carbocycles. The van der Waals surface area contributed by atoms with Crippen molar-refractivity contribution in [1.29, 1.82) is 0 Å². The highest BCUT2D eigenvalue weighted by Gasteiger charge is 2.36. The van der Waals surface area contributed by atoms with Gasteiger partial charge >= 0.3 is 0 Å². The molecule has 0 saturated heterocycles. The predicted octanol–water partition coefficient (Wildman–Crippen LogP) is 14.7. The van der Waals surface area contributed by atoms with Gasteiger partial charge in [0, 0.05) is 45.0 Å². The quantitative estimate of drug-likeness (QED) is 0.185. The SMILES string of the molecule is C=C1/C=C\C=C/Oc2c1cccc2-c1ccc(N(c2ccc(C)cc2)c2ccc3c(c2)C(C)(C)c2cc(Nc4ccccc4C)ccc2-3)cc1.c1ccccc1. The molecular formula is C53H46N2O. The summed E-state index contributed by atoms with van der Waals surface area (Å²) in [5.41, 5.74) is 17.1. The molecule has 274 valence electrons. The highest BCUT2D eigenvalue weighted by Crippen LogP contribution is 2.51. The molecule has 0 atom stereocenters. The van der Waals surface area contributed by atoms with Gasteiger partial charge in [0.05, 0.1) is 6.26 Å². The van der Waals surface area contributed by atoms with Crippen LogP contribution in [0.2, 0.25) is 0 Å². The Morgan fingerprint density at radius 3 is 1.86 bits per heavy atom. The number of hydrogen-bond donors (Lipinski definition) is 1. The van der Waals surface area contributed by atoms with Crippen LogP contribution in [0.4, 0.5) is 28.4 Å². The molecule has 1 aliphatic heterocycles. The topological polar surface area (TPSA) is 24.5 Å². The fourth-order valence-electron chi connectivity index (χ4n) is 7.69. The first-order valence-electron chi connectivity index (χ1n) is 19.2. The summed E-state index contributed by atoms with van der Waals surface area (Å²) in [7, 11) is 0. The Hall–Kier alpha value is -6.84. The normalized spacial score (nSPS) is 14.3. The number of benzene rings is 7. The fourth-order valence-corrected chi connectivity index (χ4v) is 7.69. The maximum atomic E-state index is 6.14. The third-order valence-electron chi connectivity index (χ3n) is 10.8. The van der Waals surface area contributed by atoms with Crippen LogP contribution in [0.25, 0.3) is 27.8 Å². The summed E-state index contributed by atoms with van der Waals surface area (Å²) in [6.07, 6.45) is 7.59. The first-order chi connectivity index (χ1) is 27.3. The summed E-state index contributed by atoms with van der Waals surface area (Å²) in [6, 6.07) is 58.0. The van der Waals surface area contributed by atoms with Crippen molar-refractivity contribution in [2.75, 3.05) is 10.2 Å². The Labute approximate surface area is 331 Å². The molecule has 3 nitrogen and oxygen atoms in total. The molecule has 0 radical (unpaired) electrons. The number of nitrogens with one attached hydrogen (secondary N) is 1. The van der Waals surface area contributed by atoms with Gasteiger partial charge in [-0.05, 0) is 113 Å². The summed E-state index contributed by atoms with van der Waals surface area (Å²) < 4.78 is 6.14. The van der Waals surface area contributed by atoms with Crippen molar-refractivity contribution in [1.82, 2.24) is 0 Å². The van der Waals surface area contributed by atoms with Crippen LogP contribution in [0.15, 0.2) is 195 Å². The predicted molar refractivity (Wildman–Crippen MR) is 238 cm³/mol. The van der Waals surface area contributed by atoms with Gasteiger partial charge < -0.3 is 15.0 Å². The second kappa shape index (κ2) is 15.5. The zero-order valence-corrected chi connectivity index (χ0v) is 32.5. The van der Waals surface area contributed by atoms with Gasteiger partial charge in [0.25, 0.3) is 0 Å². The molecule has 7 aromatic carbocycles. The van der Waals surface area contributed by atoms with Crippen LogP contribution in [0.5, 0.6) is 5.75 Å². The molecule has 3 heteroatoms. The van der Waals surface area contributed by atoms with E-state index in [1.807, 2.05) is 54.6 Å². The van der Waals surface area contributed by atoms with Gasteiger partial charge in [-0.2, -0.15) is 0 Å². The minimum atomic E-state index is -0.176. The largest absolute Gasteiger partial charge is 0.464 e. The lowest BCUT2D eigenvalue weighted by molar-refractivity contribution is 0.481. The summed E-state index contributed by atoms with van der Waals surface area (Å²) in [6.45, 7) is 13.2. The lowest BCUT2D eigenvalue weighted by Crippen LogP contribution is -2.16. The maximum Gasteiger partial charge on any atom is 0.142 e. The fraction of sp³-hybridized carbons (Fsp3) is 0.0943. The lowest BCUT2D eigenvalue weighted by atomic mass is 9.82. The maximum absolute atomic E-state index is 6.14. The number of hydrogen-bond acceptors (Lipinski definition) is 3. The number of anilines is 5. The summed E-state index contributed by atoms with van der Waals surface area (Å²) in [5, 5.41) is 3.66. The molecule has 1 aliphatic carbocycles. The molecule has 0 bridgehead atoms. The van der Waals surface area contributed by atoms with Crippen LogP contribution in [-0.2, 0) is 5.41 Å². The Morgan fingerprint density at radius 2 is 1.16 bits per heavy atom. The molecule has 1 N–H and O–H groups in total. The summed E-state index contributed by atoms with van der Waals surface area (Å²) in [5.74, 6) is 0.818. The van der Waals surface area contributed by atoms with Gasteiger partial charge in [0.15, 0.2) is 0 Å². The van der Waals surface area contributed by atoms with E-state index in [4.69, 9.17) is 4.74 Å². The molecule has 1 heterocycles. The molecular weight excluding hydrogens is 681 g/mol. The minimum Gasteiger partial charge on any atom is -0.464 e. The Kier molecular flexibility index (Phi) is 10.00. The van der Waals surface area contributed by atoms with Crippen molar-refractivity contribution < 1.29 is 4.74 Å². The molecule has 56 heavy (non-hydrogen) atoms. The van der Waals surface area contributed by atoms with E-state index in [1.165, 1.54) is 33.4 Å².